The molecule has 3 nitrogen and oxygen atoms in total. The minimum Gasteiger partial charge on any atom is -0.453 e. The van der Waals surface area contributed by atoms with Crippen molar-refractivity contribution >= 4 is 28.5 Å². The summed E-state index contributed by atoms with van der Waals surface area (Å²) in [5.41, 5.74) is 0.777. The lowest BCUT2D eigenvalue weighted by atomic mass is 10.2. The molecule has 0 saturated carbocycles. The Morgan fingerprint density at radius 1 is 1.33 bits per heavy atom. The smallest absolute Gasteiger partial charge is 0.207 e. The second kappa shape index (κ2) is 6.07. The van der Waals surface area contributed by atoms with Gasteiger partial charge in [-0.15, -0.1) is 0 Å². The van der Waals surface area contributed by atoms with Crippen molar-refractivity contribution in [3.8, 4) is 0 Å². The monoisotopic (exact) mass is 263 g/mol. The number of hydrogen-bond donors (Lipinski definition) is 0. The van der Waals surface area contributed by atoms with Gasteiger partial charge in [0.25, 0.3) is 0 Å². The number of rotatable bonds is 6. The molecule has 0 bridgehead atoms. The highest BCUT2D eigenvalue weighted by molar-refractivity contribution is 8.00. The van der Waals surface area contributed by atoms with Gasteiger partial charge >= 0.3 is 0 Å². The molecule has 0 amide bonds. The van der Waals surface area contributed by atoms with Crippen molar-refractivity contribution in [1.82, 2.24) is 4.90 Å². The number of carbonyl (C=O) groups is 1. The Morgan fingerprint density at radius 3 is 2.83 bits per heavy atom. The van der Waals surface area contributed by atoms with Gasteiger partial charge in [0, 0.05) is 17.7 Å². The van der Waals surface area contributed by atoms with E-state index in [4.69, 9.17) is 4.42 Å². The number of fused-ring (bicyclic) bond motifs is 1. The van der Waals surface area contributed by atoms with E-state index in [1.54, 1.807) is 11.8 Å². The normalized spacial score (nSPS) is 11.3. The first-order valence-corrected chi connectivity index (χ1v) is 7.06. The number of benzene rings is 1. The lowest BCUT2D eigenvalue weighted by Gasteiger charge is -2.07. The maximum absolute atomic E-state index is 11.9. The molecule has 0 atom stereocenters. The quantitative estimate of drug-likeness (QED) is 0.592. The minimum atomic E-state index is 0.0648. The van der Waals surface area contributed by atoms with E-state index < -0.39 is 0 Å². The van der Waals surface area contributed by atoms with Gasteiger partial charge in [-0.1, -0.05) is 18.2 Å². The average Bonchev–Trinajstić information content (AvgIpc) is 2.78. The first-order valence-electron chi connectivity index (χ1n) is 5.91. The lowest BCUT2D eigenvalue weighted by molar-refractivity contribution is 0.0994. The number of nitrogens with zero attached hydrogens (tertiary/aromatic N) is 1. The number of thioether (sulfide) groups is 1. The van der Waals surface area contributed by atoms with E-state index in [1.807, 2.05) is 44.4 Å². The molecule has 2 aromatic rings. The molecule has 0 N–H and O–H groups in total. The Balaban J connectivity index is 1.92. The predicted molar refractivity (Wildman–Crippen MR) is 76.4 cm³/mol. The van der Waals surface area contributed by atoms with Crippen LogP contribution in [0.5, 0.6) is 0 Å². The van der Waals surface area contributed by atoms with Crippen molar-refractivity contribution in [2.75, 3.05) is 32.1 Å². The maximum atomic E-state index is 11.9. The Bertz CT molecular complexity index is 500. The van der Waals surface area contributed by atoms with Crippen LogP contribution in [0.4, 0.5) is 0 Å². The number of Topliss-reactive ketones (excluding diaryl/α,β-unsaturated/α-hetero) is 1. The van der Waals surface area contributed by atoms with Crippen LogP contribution in [0.1, 0.15) is 10.6 Å². The highest BCUT2D eigenvalue weighted by atomic mass is 32.2. The molecular weight excluding hydrogens is 246 g/mol. The maximum Gasteiger partial charge on any atom is 0.207 e. The van der Waals surface area contributed by atoms with Gasteiger partial charge in [0.2, 0.25) is 5.78 Å². The Labute approximate surface area is 111 Å². The van der Waals surface area contributed by atoms with Crippen molar-refractivity contribution in [2.24, 2.45) is 0 Å². The molecule has 1 aromatic heterocycles. The fraction of sp³-hybridized carbons (Fsp3) is 0.357. The lowest BCUT2D eigenvalue weighted by Crippen LogP contribution is -2.15. The van der Waals surface area contributed by atoms with E-state index in [1.165, 1.54) is 0 Å². The van der Waals surface area contributed by atoms with E-state index in [2.05, 4.69) is 4.90 Å². The Hall–Kier alpha value is -1.26. The molecular formula is C14H17NO2S. The average molecular weight is 263 g/mol. The second-order valence-corrected chi connectivity index (χ2v) is 5.53. The number of para-hydroxylation sites is 1. The van der Waals surface area contributed by atoms with Gasteiger partial charge in [-0.25, -0.2) is 0 Å². The molecule has 0 radical (unpaired) electrons. The summed E-state index contributed by atoms with van der Waals surface area (Å²) >= 11 is 1.64. The zero-order valence-corrected chi connectivity index (χ0v) is 11.5. The Kier molecular flexibility index (Phi) is 4.44. The molecule has 0 aliphatic rings. The topological polar surface area (TPSA) is 33.5 Å². The molecule has 0 unspecified atom stereocenters. The fourth-order valence-corrected chi connectivity index (χ4v) is 2.57. The van der Waals surface area contributed by atoms with Crippen LogP contribution in [-0.2, 0) is 0 Å². The summed E-state index contributed by atoms with van der Waals surface area (Å²) in [5, 5.41) is 0.985. The standard InChI is InChI=1S/C14H17NO2S/c1-15(2)7-8-18-10-12(16)14-9-11-5-3-4-6-13(11)17-14/h3-6,9H,7-8,10H2,1-2H3. The Morgan fingerprint density at radius 2 is 2.11 bits per heavy atom. The molecule has 1 aromatic carbocycles. The number of furan rings is 1. The first-order chi connectivity index (χ1) is 8.66. The van der Waals surface area contributed by atoms with E-state index in [9.17, 15) is 4.79 Å². The van der Waals surface area contributed by atoms with Crippen LogP contribution in [0, 0.1) is 0 Å². The van der Waals surface area contributed by atoms with Crippen LogP contribution in [-0.4, -0.2) is 42.8 Å². The van der Waals surface area contributed by atoms with Crippen LogP contribution in [0.2, 0.25) is 0 Å². The van der Waals surface area contributed by atoms with Crippen LogP contribution < -0.4 is 0 Å². The van der Waals surface area contributed by atoms with Gasteiger partial charge in [0.1, 0.15) is 5.58 Å². The SMILES string of the molecule is CN(C)CCSCC(=O)c1cc2ccccc2o1. The zero-order chi connectivity index (χ0) is 13.0. The zero-order valence-electron chi connectivity index (χ0n) is 10.7. The molecule has 0 aliphatic heterocycles. The molecule has 4 heteroatoms. The van der Waals surface area contributed by atoms with E-state index >= 15 is 0 Å². The minimum absolute atomic E-state index is 0.0648. The number of ketones is 1. The third-order valence-corrected chi connectivity index (χ3v) is 3.55. The fourth-order valence-electron chi connectivity index (χ4n) is 1.60. The molecule has 18 heavy (non-hydrogen) atoms. The van der Waals surface area contributed by atoms with Crippen molar-refractivity contribution in [2.45, 2.75) is 0 Å². The third-order valence-electron chi connectivity index (χ3n) is 2.62. The van der Waals surface area contributed by atoms with Gasteiger partial charge in [-0.2, -0.15) is 11.8 Å². The molecule has 96 valence electrons. The molecule has 2 rings (SSSR count). The van der Waals surface area contributed by atoms with Crippen molar-refractivity contribution in [3.63, 3.8) is 0 Å². The van der Waals surface area contributed by atoms with Crippen molar-refractivity contribution in [3.05, 3.63) is 36.1 Å². The van der Waals surface area contributed by atoms with Crippen molar-refractivity contribution < 1.29 is 9.21 Å². The summed E-state index contributed by atoms with van der Waals surface area (Å²) < 4.78 is 5.53. The largest absolute Gasteiger partial charge is 0.453 e. The predicted octanol–water partition coefficient (Wildman–Crippen LogP) is 2.91. The van der Waals surface area contributed by atoms with Crippen LogP contribution >= 0.6 is 11.8 Å². The molecule has 0 aliphatic carbocycles. The number of hydrogen-bond acceptors (Lipinski definition) is 4. The molecule has 1 heterocycles. The molecule has 0 spiro atoms. The van der Waals surface area contributed by atoms with Crippen LogP contribution in [0.3, 0.4) is 0 Å². The molecule has 0 fully saturated rings. The highest BCUT2D eigenvalue weighted by Gasteiger charge is 2.11. The van der Waals surface area contributed by atoms with Gasteiger partial charge in [0.15, 0.2) is 5.76 Å². The second-order valence-electron chi connectivity index (χ2n) is 4.43. The van der Waals surface area contributed by atoms with Gasteiger partial charge < -0.3 is 9.32 Å². The van der Waals surface area contributed by atoms with E-state index in [-0.39, 0.29) is 5.78 Å². The van der Waals surface area contributed by atoms with Gasteiger partial charge in [0.05, 0.1) is 5.75 Å². The summed E-state index contributed by atoms with van der Waals surface area (Å²) in [7, 11) is 4.06. The van der Waals surface area contributed by atoms with E-state index in [0.29, 0.717) is 11.5 Å². The first kappa shape index (κ1) is 13.2. The van der Waals surface area contributed by atoms with Crippen LogP contribution in [0.25, 0.3) is 11.0 Å². The summed E-state index contributed by atoms with van der Waals surface area (Å²) in [6, 6.07) is 9.51. The summed E-state index contributed by atoms with van der Waals surface area (Å²) in [6.07, 6.45) is 0. The summed E-state index contributed by atoms with van der Waals surface area (Å²) in [5.74, 6) is 1.97. The molecule has 0 saturated heterocycles. The van der Waals surface area contributed by atoms with Gasteiger partial charge in [-0.3, -0.25) is 4.79 Å². The number of carbonyl (C=O) groups excluding carboxylic acids is 1. The van der Waals surface area contributed by atoms with Crippen molar-refractivity contribution in [1.29, 1.82) is 0 Å². The third kappa shape index (κ3) is 3.37. The van der Waals surface area contributed by atoms with Crippen LogP contribution in [0.15, 0.2) is 34.7 Å². The summed E-state index contributed by atoms with van der Waals surface area (Å²) in [4.78, 5) is 14.0. The van der Waals surface area contributed by atoms with Gasteiger partial charge in [-0.05, 0) is 26.2 Å². The van der Waals surface area contributed by atoms with E-state index in [0.717, 1.165) is 23.3 Å². The highest BCUT2D eigenvalue weighted by Crippen LogP contribution is 2.20. The summed E-state index contributed by atoms with van der Waals surface area (Å²) in [6.45, 7) is 0.984.